The van der Waals surface area contributed by atoms with Gasteiger partial charge in [-0.15, -0.1) is 0 Å². The number of aliphatic carboxylic acids is 1. The minimum atomic E-state index is -0.836. The van der Waals surface area contributed by atoms with Crippen LogP contribution in [0, 0.1) is 0 Å². The van der Waals surface area contributed by atoms with Crippen molar-refractivity contribution in [2.75, 3.05) is 27.4 Å². The van der Waals surface area contributed by atoms with Gasteiger partial charge in [0, 0.05) is 27.2 Å². The highest BCUT2D eigenvalue weighted by atomic mass is 16.5. The van der Waals surface area contributed by atoms with Crippen molar-refractivity contribution in [2.45, 2.75) is 37.3 Å². The van der Waals surface area contributed by atoms with E-state index in [0.29, 0.717) is 26.0 Å². The number of rotatable bonds is 6. The minimum Gasteiger partial charge on any atom is -0.480 e. The van der Waals surface area contributed by atoms with Crippen molar-refractivity contribution in [3.8, 4) is 0 Å². The Balaban J connectivity index is 2.60. The summed E-state index contributed by atoms with van der Waals surface area (Å²) in [5.74, 6) is -0.787. The lowest BCUT2D eigenvalue weighted by atomic mass is 9.80. The molecule has 0 radical (unpaired) electrons. The molecule has 1 aliphatic rings. The van der Waals surface area contributed by atoms with Crippen LogP contribution in [0.25, 0.3) is 0 Å². The van der Waals surface area contributed by atoms with Crippen LogP contribution in [0.5, 0.6) is 0 Å². The molecule has 2 unspecified atom stereocenters. The van der Waals surface area contributed by atoms with Crippen LogP contribution < -0.4 is 5.32 Å². The zero-order chi connectivity index (χ0) is 12.0. The summed E-state index contributed by atoms with van der Waals surface area (Å²) in [5, 5.41) is 12.4. The smallest absolute Gasteiger partial charge is 0.323 e. The molecule has 5 heteroatoms. The molecule has 1 saturated carbocycles. The molecule has 1 aliphatic carbocycles. The number of carboxylic acids is 1. The van der Waals surface area contributed by atoms with Crippen LogP contribution in [0.1, 0.15) is 25.7 Å². The number of ether oxygens (including phenoxy) is 2. The third kappa shape index (κ3) is 3.17. The molecule has 16 heavy (non-hydrogen) atoms. The van der Waals surface area contributed by atoms with Gasteiger partial charge in [-0.1, -0.05) is 0 Å². The van der Waals surface area contributed by atoms with Crippen molar-refractivity contribution in [2.24, 2.45) is 0 Å². The van der Waals surface area contributed by atoms with Crippen LogP contribution in [-0.2, 0) is 14.3 Å². The lowest BCUT2D eigenvalue weighted by molar-refractivity contribution is -0.148. The number of carboxylic acid groups (broad SMARTS) is 1. The maximum absolute atomic E-state index is 11.4. The molecule has 5 nitrogen and oxygen atoms in total. The van der Waals surface area contributed by atoms with Crippen LogP contribution in [-0.4, -0.2) is 50.1 Å². The first-order valence-electron chi connectivity index (χ1n) is 5.65. The zero-order valence-corrected chi connectivity index (χ0v) is 9.99. The van der Waals surface area contributed by atoms with Gasteiger partial charge in [-0.25, -0.2) is 0 Å². The van der Waals surface area contributed by atoms with E-state index in [0.717, 1.165) is 12.8 Å². The van der Waals surface area contributed by atoms with Gasteiger partial charge >= 0.3 is 5.97 Å². The molecule has 0 aromatic rings. The Morgan fingerprint density at radius 3 is 2.88 bits per heavy atom. The van der Waals surface area contributed by atoms with E-state index in [1.54, 1.807) is 14.2 Å². The summed E-state index contributed by atoms with van der Waals surface area (Å²) in [6, 6.07) is 0. The largest absolute Gasteiger partial charge is 0.480 e. The topological polar surface area (TPSA) is 67.8 Å². The van der Waals surface area contributed by atoms with Crippen molar-refractivity contribution < 1.29 is 19.4 Å². The monoisotopic (exact) mass is 231 g/mol. The van der Waals surface area contributed by atoms with Crippen molar-refractivity contribution in [1.29, 1.82) is 0 Å². The Kier molecular flexibility index (Phi) is 5.18. The second-order valence-electron chi connectivity index (χ2n) is 4.26. The van der Waals surface area contributed by atoms with Crippen molar-refractivity contribution in [3.63, 3.8) is 0 Å². The molecule has 2 atom stereocenters. The Hall–Kier alpha value is -0.650. The normalized spacial score (nSPS) is 30.2. The summed E-state index contributed by atoms with van der Waals surface area (Å²) in [6.45, 7) is 1.08. The van der Waals surface area contributed by atoms with Crippen molar-refractivity contribution in [1.82, 2.24) is 5.32 Å². The Bertz CT molecular complexity index is 234. The quantitative estimate of drug-likeness (QED) is 0.656. The van der Waals surface area contributed by atoms with Gasteiger partial charge in [0.1, 0.15) is 5.54 Å². The Morgan fingerprint density at radius 2 is 2.31 bits per heavy atom. The van der Waals surface area contributed by atoms with E-state index in [9.17, 15) is 9.90 Å². The first-order valence-corrected chi connectivity index (χ1v) is 5.65. The van der Waals surface area contributed by atoms with Gasteiger partial charge in [-0.2, -0.15) is 0 Å². The molecular weight excluding hydrogens is 210 g/mol. The fraction of sp³-hybridized carbons (Fsp3) is 0.909. The predicted octanol–water partition coefficient (Wildman–Crippen LogP) is 0.635. The summed E-state index contributed by atoms with van der Waals surface area (Å²) in [7, 11) is 3.24. The van der Waals surface area contributed by atoms with Crippen molar-refractivity contribution >= 4 is 5.97 Å². The molecule has 0 saturated heterocycles. The van der Waals surface area contributed by atoms with Gasteiger partial charge in [-0.05, 0) is 19.3 Å². The molecule has 1 rings (SSSR count). The van der Waals surface area contributed by atoms with Gasteiger partial charge in [0.25, 0.3) is 0 Å². The molecule has 0 amide bonds. The lowest BCUT2D eigenvalue weighted by Gasteiger charge is -2.37. The molecule has 0 bridgehead atoms. The SMILES string of the molecule is COCCNC1(C(=O)O)CCCC(OC)C1. The number of methoxy groups -OCH3 is 2. The fourth-order valence-electron chi connectivity index (χ4n) is 2.25. The molecule has 2 N–H and O–H groups in total. The maximum atomic E-state index is 11.4. The highest BCUT2D eigenvalue weighted by Gasteiger charge is 2.42. The number of hydrogen-bond donors (Lipinski definition) is 2. The maximum Gasteiger partial charge on any atom is 0.323 e. The summed E-state index contributed by atoms with van der Waals surface area (Å²) < 4.78 is 10.2. The molecule has 0 aromatic carbocycles. The summed E-state index contributed by atoms with van der Waals surface area (Å²) >= 11 is 0. The minimum absolute atomic E-state index is 0.0416. The summed E-state index contributed by atoms with van der Waals surface area (Å²) in [6.07, 6.45) is 3.05. The molecule has 0 spiro atoms. The number of nitrogens with one attached hydrogen (secondary N) is 1. The molecule has 0 aliphatic heterocycles. The molecule has 94 valence electrons. The third-order valence-corrected chi connectivity index (χ3v) is 3.22. The predicted molar refractivity (Wildman–Crippen MR) is 59.5 cm³/mol. The second-order valence-corrected chi connectivity index (χ2v) is 4.26. The van der Waals surface area contributed by atoms with Crippen LogP contribution in [0.15, 0.2) is 0 Å². The van der Waals surface area contributed by atoms with Crippen molar-refractivity contribution in [3.05, 3.63) is 0 Å². The van der Waals surface area contributed by atoms with Gasteiger partial charge in [-0.3, -0.25) is 10.1 Å². The van der Waals surface area contributed by atoms with Crippen LogP contribution >= 0.6 is 0 Å². The van der Waals surface area contributed by atoms with Gasteiger partial charge < -0.3 is 14.6 Å². The standard InChI is InChI=1S/C11H21NO4/c1-15-7-6-12-11(10(13)14)5-3-4-9(8-11)16-2/h9,12H,3-8H2,1-2H3,(H,13,14). The van der Waals surface area contributed by atoms with Crippen LogP contribution in [0.2, 0.25) is 0 Å². The highest BCUT2D eigenvalue weighted by molar-refractivity contribution is 5.79. The van der Waals surface area contributed by atoms with Gasteiger partial charge in [0.05, 0.1) is 12.7 Å². The Labute approximate surface area is 96.1 Å². The molecule has 1 fully saturated rings. The first-order chi connectivity index (χ1) is 7.64. The average Bonchev–Trinajstić information content (AvgIpc) is 2.29. The van der Waals surface area contributed by atoms with Gasteiger partial charge in [0.2, 0.25) is 0 Å². The summed E-state index contributed by atoms with van der Waals surface area (Å²) in [5.41, 5.74) is -0.836. The third-order valence-electron chi connectivity index (χ3n) is 3.22. The fourth-order valence-corrected chi connectivity index (χ4v) is 2.25. The number of hydrogen-bond acceptors (Lipinski definition) is 4. The van der Waals surface area contributed by atoms with E-state index in [-0.39, 0.29) is 6.10 Å². The van der Waals surface area contributed by atoms with Crippen LogP contribution in [0.3, 0.4) is 0 Å². The van der Waals surface area contributed by atoms with E-state index in [4.69, 9.17) is 9.47 Å². The van der Waals surface area contributed by atoms with E-state index >= 15 is 0 Å². The summed E-state index contributed by atoms with van der Waals surface area (Å²) in [4.78, 5) is 11.4. The van der Waals surface area contributed by atoms with E-state index in [1.165, 1.54) is 0 Å². The van der Waals surface area contributed by atoms with E-state index in [1.807, 2.05) is 0 Å². The Morgan fingerprint density at radius 1 is 1.56 bits per heavy atom. The highest BCUT2D eigenvalue weighted by Crippen LogP contribution is 2.30. The van der Waals surface area contributed by atoms with Gasteiger partial charge in [0.15, 0.2) is 0 Å². The zero-order valence-electron chi connectivity index (χ0n) is 9.99. The lowest BCUT2D eigenvalue weighted by Crippen LogP contribution is -2.56. The molecular formula is C11H21NO4. The molecule has 0 heterocycles. The first kappa shape index (κ1) is 13.4. The average molecular weight is 231 g/mol. The van der Waals surface area contributed by atoms with E-state index < -0.39 is 11.5 Å². The second kappa shape index (κ2) is 6.18. The van der Waals surface area contributed by atoms with Crippen LogP contribution in [0.4, 0.5) is 0 Å². The van der Waals surface area contributed by atoms with E-state index in [2.05, 4.69) is 5.32 Å². The number of carbonyl (C=O) groups is 1. The molecule has 0 aromatic heterocycles.